The lowest BCUT2D eigenvalue weighted by molar-refractivity contribution is -0.113. The third-order valence-corrected chi connectivity index (χ3v) is 5.94. The van der Waals surface area contributed by atoms with Gasteiger partial charge in [0.05, 0.1) is 0 Å². The predicted octanol–water partition coefficient (Wildman–Crippen LogP) is 4.97. The number of benzene rings is 1. The Hall–Kier alpha value is -1.65. The van der Waals surface area contributed by atoms with Gasteiger partial charge in [0.1, 0.15) is 0 Å². The topological polar surface area (TPSA) is 46.3 Å². The molecule has 1 amide bonds. The molecule has 1 unspecified atom stereocenters. The fourth-order valence-electron chi connectivity index (χ4n) is 3.25. The van der Waals surface area contributed by atoms with Gasteiger partial charge in [-0.3, -0.25) is 4.79 Å². The van der Waals surface area contributed by atoms with Gasteiger partial charge in [0, 0.05) is 40.9 Å². The number of hydrogen-bond donors (Lipinski definition) is 1. The molecule has 0 saturated carbocycles. The van der Waals surface area contributed by atoms with E-state index < -0.39 is 0 Å². The Balaban J connectivity index is 1.75. The van der Waals surface area contributed by atoms with E-state index in [9.17, 15) is 4.79 Å². The number of allylic oxidation sites excluding steroid dienone is 2. The Labute approximate surface area is 172 Å². The monoisotopic (exact) mass is 404 g/mol. The molecule has 0 radical (unpaired) electrons. The Morgan fingerprint density at radius 1 is 1.48 bits per heavy atom. The second-order valence-corrected chi connectivity index (χ2v) is 8.45. The minimum Gasteiger partial charge on any atom is -0.368 e. The zero-order valence-corrected chi connectivity index (χ0v) is 17.6. The third kappa shape index (κ3) is 7.86. The van der Waals surface area contributed by atoms with E-state index in [1.54, 1.807) is 0 Å². The van der Waals surface area contributed by atoms with Gasteiger partial charge in [0.25, 0.3) is 0 Å². The van der Waals surface area contributed by atoms with Gasteiger partial charge in [-0.25, -0.2) is 0 Å². The molecule has 0 spiro atoms. The van der Waals surface area contributed by atoms with Crippen LogP contribution >= 0.6 is 23.4 Å². The number of nitrogens with two attached hydrogens (primary N) is 1. The van der Waals surface area contributed by atoms with Crippen molar-refractivity contribution in [1.82, 2.24) is 4.90 Å². The summed E-state index contributed by atoms with van der Waals surface area (Å²) in [5.41, 5.74) is 8.70. The number of carbonyl (C=O) groups is 1. The number of thioether (sulfide) groups is 1. The van der Waals surface area contributed by atoms with Gasteiger partial charge in [-0.1, -0.05) is 48.0 Å². The average molecular weight is 405 g/mol. The van der Waals surface area contributed by atoms with Crippen molar-refractivity contribution < 1.29 is 4.79 Å². The van der Waals surface area contributed by atoms with E-state index in [0.717, 1.165) is 54.3 Å². The molecule has 0 aliphatic carbocycles. The van der Waals surface area contributed by atoms with Gasteiger partial charge in [-0.15, -0.1) is 0 Å². The summed E-state index contributed by atoms with van der Waals surface area (Å²) in [6, 6.07) is 8.51. The molecule has 0 bridgehead atoms. The summed E-state index contributed by atoms with van der Waals surface area (Å²) in [6.45, 7) is 7.15. The van der Waals surface area contributed by atoms with Crippen LogP contribution in [0.15, 0.2) is 60.3 Å². The standard InChI is InChI=1S/C22H29ClN2OS/c1-17(14-22(24)26)16-27-13-12-25-18(2)10-11-21(25)9-4-3-6-19-7-5-8-20(23)15-19/h4-5,7-9,14-15,21H,2-3,6,10-13,16H2,1H3,(H2,24,26)/b9-4+,17-14+. The van der Waals surface area contributed by atoms with Gasteiger partial charge in [-0.05, 0) is 50.3 Å². The van der Waals surface area contributed by atoms with Crippen LogP contribution in [0.2, 0.25) is 5.02 Å². The minimum atomic E-state index is -0.371. The van der Waals surface area contributed by atoms with Crippen LogP contribution in [0.5, 0.6) is 0 Å². The van der Waals surface area contributed by atoms with Gasteiger partial charge in [0.15, 0.2) is 0 Å². The van der Waals surface area contributed by atoms with Crippen LogP contribution < -0.4 is 5.73 Å². The maximum atomic E-state index is 10.9. The van der Waals surface area contributed by atoms with Crippen LogP contribution in [0.4, 0.5) is 0 Å². The first-order valence-electron chi connectivity index (χ1n) is 9.35. The number of likely N-dealkylation sites (tertiary alicyclic amines) is 1. The van der Waals surface area contributed by atoms with Crippen molar-refractivity contribution in [3.63, 3.8) is 0 Å². The van der Waals surface area contributed by atoms with Gasteiger partial charge >= 0.3 is 0 Å². The molecule has 146 valence electrons. The molecule has 1 aliphatic rings. The fraction of sp³-hybridized carbons (Fsp3) is 0.409. The first kappa shape index (κ1) is 21.6. The average Bonchev–Trinajstić information content (AvgIpc) is 2.95. The maximum absolute atomic E-state index is 10.9. The molecule has 27 heavy (non-hydrogen) atoms. The van der Waals surface area contributed by atoms with Crippen molar-refractivity contribution in [2.45, 2.75) is 38.6 Å². The highest BCUT2D eigenvalue weighted by atomic mass is 35.5. The maximum Gasteiger partial charge on any atom is 0.241 e. The van der Waals surface area contributed by atoms with Crippen LogP contribution in [0.25, 0.3) is 0 Å². The SMILES string of the molecule is C=C1CCC(/C=C/CCc2cccc(Cl)c2)N1CCSC/C(C)=C/C(N)=O. The lowest BCUT2D eigenvalue weighted by Crippen LogP contribution is -2.28. The third-order valence-electron chi connectivity index (χ3n) is 4.58. The fourth-order valence-corrected chi connectivity index (χ4v) is 4.34. The molecule has 3 nitrogen and oxygen atoms in total. The quantitative estimate of drug-likeness (QED) is 0.340. The predicted molar refractivity (Wildman–Crippen MR) is 118 cm³/mol. The molecule has 1 saturated heterocycles. The molecule has 1 fully saturated rings. The summed E-state index contributed by atoms with van der Waals surface area (Å²) in [4.78, 5) is 13.3. The molecular formula is C22H29ClN2OS. The number of aryl methyl sites for hydroxylation is 1. The van der Waals surface area contributed by atoms with Crippen LogP contribution in [-0.4, -0.2) is 34.9 Å². The highest BCUT2D eigenvalue weighted by Gasteiger charge is 2.23. The Morgan fingerprint density at radius 3 is 3.04 bits per heavy atom. The number of primary amides is 1. The minimum absolute atomic E-state index is 0.371. The summed E-state index contributed by atoms with van der Waals surface area (Å²) in [6.07, 6.45) is 10.3. The molecule has 1 aromatic rings. The van der Waals surface area contributed by atoms with Crippen molar-refractivity contribution >= 4 is 29.3 Å². The van der Waals surface area contributed by atoms with E-state index in [1.807, 2.05) is 36.9 Å². The summed E-state index contributed by atoms with van der Waals surface area (Å²) < 4.78 is 0. The van der Waals surface area contributed by atoms with Crippen LogP contribution in [0.1, 0.15) is 31.7 Å². The van der Waals surface area contributed by atoms with Gasteiger partial charge in [0.2, 0.25) is 5.91 Å². The van der Waals surface area contributed by atoms with E-state index in [0.29, 0.717) is 6.04 Å². The Kier molecular flexibility index (Phi) is 9.02. The van der Waals surface area contributed by atoms with Crippen molar-refractivity contribution in [3.8, 4) is 0 Å². The number of amides is 1. The zero-order chi connectivity index (χ0) is 19.6. The van der Waals surface area contributed by atoms with Gasteiger partial charge in [-0.2, -0.15) is 11.8 Å². The molecule has 2 rings (SSSR count). The Bertz CT molecular complexity index is 714. The first-order valence-corrected chi connectivity index (χ1v) is 10.9. The van der Waals surface area contributed by atoms with Crippen LogP contribution in [0.3, 0.4) is 0 Å². The number of nitrogens with zero attached hydrogens (tertiary/aromatic N) is 1. The summed E-state index contributed by atoms with van der Waals surface area (Å²) in [5.74, 6) is 1.48. The summed E-state index contributed by atoms with van der Waals surface area (Å²) in [5, 5.41) is 0.799. The van der Waals surface area contributed by atoms with Gasteiger partial charge < -0.3 is 10.6 Å². The summed E-state index contributed by atoms with van der Waals surface area (Å²) in [7, 11) is 0. The molecule has 1 heterocycles. The van der Waals surface area contributed by atoms with E-state index >= 15 is 0 Å². The normalized spacial score (nSPS) is 17.9. The summed E-state index contributed by atoms with van der Waals surface area (Å²) >= 11 is 7.86. The highest BCUT2D eigenvalue weighted by molar-refractivity contribution is 7.99. The molecule has 1 aliphatic heterocycles. The lowest BCUT2D eigenvalue weighted by Gasteiger charge is -2.25. The number of carbonyl (C=O) groups excluding carboxylic acids is 1. The first-order chi connectivity index (χ1) is 13.0. The molecule has 2 N–H and O–H groups in total. The van der Waals surface area contributed by atoms with E-state index in [4.69, 9.17) is 17.3 Å². The molecular weight excluding hydrogens is 376 g/mol. The highest BCUT2D eigenvalue weighted by Crippen LogP contribution is 2.27. The van der Waals surface area contributed by atoms with E-state index in [-0.39, 0.29) is 5.91 Å². The van der Waals surface area contributed by atoms with Crippen LogP contribution in [-0.2, 0) is 11.2 Å². The molecule has 1 aromatic carbocycles. The Morgan fingerprint density at radius 2 is 2.30 bits per heavy atom. The lowest BCUT2D eigenvalue weighted by atomic mass is 10.1. The largest absolute Gasteiger partial charge is 0.368 e. The number of halogens is 1. The zero-order valence-electron chi connectivity index (χ0n) is 16.0. The number of hydrogen-bond acceptors (Lipinski definition) is 3. The second-order valence-electron chi connectivity index (χ2n) is 6.91. The van der Waals surface area contributed by atoms with Crippen molar-refractivity contribution in [3.05, 3.63) is 70.9 Å². The van der Waals surface area contributed by atoms with Crippen molar-refractivity contribution in [1.29, 1.82) is 0 Å². The smallest absolute Gasteiger partial charge is 0.241 e. The van der Waals surface area contributed by atoms with Crippen molar-refractivity contribution in [2.75, 3.05) is 18.1 Å². The number of rotatable bonds is 10. The second kappa shape index (κ2) is 11.3. The van der Waals surface area contributed by atoms with E-state index in [2.05, 4.69) is 29.7 Å². The van der Waals surface area contributed by atoms with E-state index in [1.165, 1.54) is 17.3 Å². The van der Waals surface area contributed by atoms with Crippen LogP contribution in [0, 0.1) is 0 Å². The van der Waals surface area contributed by atoms with Crippen molar-refractivity contribution in [2.24, 2.45) is 5.73 Å². The molecule has 1 atom stereocenters. The molecule has 0 aromatic heterocycles. The molecule has 5 heteroatoms.